The molecule has 0 N–H and O–H groups in total. The number of hydrogen-bond donors (Lipinski definition) is 0. The highest BCUT2D eigenvalue weighted by Crippen LogP contribution is 2.27. The van der Waals surface area contributed by atoms with E-state index in [0.717, 1.165) is 0 Å². The van der Waals surface area contributed by atoms with Crippen LogP contribution in [-0.2, 0) is 0 Å². The lowest BCUT2D eigenvalue weighted by Crippen LogP contribution is -2.02. The molecule has 1 aromatic heterocycles. The van der Waals surface area contributed by atoms with E-state index >= 15 is 0 Å². The number of ether oxygens (including phenoxy) is 1. The number of hydrogen-bond acceptors (Lipinski definition) is 2. The van der Waals surface area contributed by atoms with Crippen LogP contribution in [0.3, 0.4) is 0 Å². The van der Waals surface area contributed by atoms with E-state index in [1.54, 1.807) is 24.3 Å². The first kappa shape index (κ1) is 13.1. The van der Waals surface area contributed by atoms with Crippen LogP contribution in [0.25, 0.3) is 11.3 Å². The van der Waals surface area contributed by atoms with E-state index in [-0.39, 0.29) is 5.75 Å². The zero-order valence-corrected chi connectivity index (χ0v) is 10.4. The quantitative estimate of drug-likeness (QED) is 0.820. The molecule has 2 nitrogen and oxygen atoms in total. The van der Waals surface area contributed by atoms with Gasteiger partial charge in [-0.15, -0.1) is 0 Å². The molecular formula is C12H7Cl2F2NO. The third-order valence-electron chi connectivity index (χ3n) is 2.12. The normalized spacial score (nSPS) is 10.7. The van der Waals surface area contributed by atoms with Gasteiger partial charge >= 0.3 is 6.61 Å². The largest absolute Gasteiger partial charge is 0.433 e. The molecule has 0 unspecified atom stereocenters. The van der Waals surface area contributed by atoms with Crippen LogP contribution in [0.4, 0.5) is 8.78 Å². The molecule has 0 amide bonds. The summed E-state index contributed by atoms with van der Waals surface area (Å²) in [5, 5.41) is 0.958. The fourth-order valence-corrected chi connectivity index (χ4v) is 1.95. The Bertz CT molecular complexity index is 526. The molecular weight excluding hydrogens is 283 g/mol. The smallest absolute Gasteiger partial charge is 0.387 e. The van der Waals surface area contributed by atoms with E-state index in [1.807, 2.05) is 0 Å². The first-order valence-electron chi connectivity index (χ1n) is 4.92. The van der Waals surface area contributed by atoms with Gasteiger partial charge in [-0.3, -0.25) is 4.98 Å². The molecule has 0 bridgehead atoms. The molecule has 2 rings (SSSR count). The molecule has 0 saturated heterocycles. The van der Waals surface area contributed by atoms with Crippen molar-refractivity contribution in [3.8, 4) is 17.0 Å². The molecule has 0 aliphatic rings. The first-order valence-corrected chi connectivity index (χ1v) is 5.67. The summed E-state index contributed by atoms with van der Waals surface area (Å²) in [5.74, 6) is 0.00174. The van der Waals surface area contributed by atoms with Crippen molar-refractivity contribution < 1.29 is 13.5 Å². The maximum atomic E-state index is 12.0. The second-order valence-electron chi connectivity index (χ2n) is 3.42. The summed E-state index contributed by atoms with van der Waals surface area (Å²) >= 11 is 11.7. The fraction of sp³-hybridized carbons (Fsp3) is 0.0833. The minimum Gasteiger partial charge on any atom is -0.433 e. The van der Waals surface area contributed by atoms with Gasteiger partial charge in [-0.2, -0.15) is 8.78 Å². The van der Waals surface area contributed by atoms with Gasteiger partial charge in [-0.1, -0.05) is 23.2 Å². The number of alkyl halides is 2. The lowest BCUT2D eigenvalue weighted by atomic mass is 10.1. The lowest BCUT2D eigenvalue weighted by molar-refractivity contribution is -0.0500. The van der Waals surface area contributed by atoms with Crippen molar-refractivity contribution in [1.29, 1.82) is 0 Å². The van der Waals surface area contributed by atoms with E-state index < -0.39 is 6.61 Å². The topological polar surface area (TPSA) is 22.1 Å². The third-order valence-corrected chi connectivity index (χ3v) is 2.56. The molecule has 0 atom stereocenters. The van der Waals surface area contributed by atoms with Crippen LogP contribution in [0, 0.1) is 0 Å². The molecule has 6 heteroatoms. The average Bonchev–Trinajstić information content (AvgIpc) is 2.27. The number of rotatable bonds is 3. The maximum Gasteiger partial charge on any atom is 0.387 e. The van der Waals surface area contributed by atoms with Gasteiger partial charge in [-0.05, 0) is 30.3 Å². The van der Waals surface area contributed by atoms with E-state index in [9.17, 15) is 8.78 Å². The van der Waals surface area contributed by atoms with E-state index in [2.05, 4.69) is 9.72 Å². The standard InChI is InChI=1S/C12H7Cl2F2NO/c13-8-3-7(4-9(14)5-8)11-2-1-10(6-17-11)18-12(15)16/h1-6,12H. The third kappa shape index (κ3) is 3.31. The number of aromatic nitrogens is 1. The molecule has 0 spiro atoms. The van der Waals surface area contributed by atoms with Crippen molar-refractivity contribution in [3.05, 3.63) is 46.6 Å². The average molecular weight is 290 g/mol. The number of benzene rings is 1. The van der Waals surface area contributed by atoms with Gasteiger partial charge in [0, 0.05) is 15.6 Å². The van der Waals surface area contributed by atoms with Crippen molar-refractivity contribution in [2.45, 2.75) is 6.61 Å². The summed E-state index contributed by atoms with van der Waals surface area (Å²) in [6, 6.07) is 7.93. The van der Waals surface area contributed by atoms with Gasteiger partial charge < -0.3 is 4.74 Å². The molecule has 2 aromatic rings. The van der Waals surface area contributed by atoms with Gasteiger partial charge in [-0.25, -0.2) is 0 Å². The molecule has 0 fully saturated rings. The highest BCUT2D eigenvalue weighted by molar-refractivity contribution is 6.35. The van der Waals surface area contributed by atoms with Gasteiger partial charge in [0.2, 0.25) is 0 Å². The van der Waals surface area contributed by atoms with Crippen LogP contribution in [0.5, 0.6) is 5.75 Å². The summed E-state index contributed by atoms with van der Waals surface area (Å²) in [5.41, 5.74) is 1.28. The Morgan fingerprint density at radius 3 is 2.22 bits per heavy atom. The Balaban J connectivity index is 2.28. The van der Waals surface area contributed by atoms with Gasteiger partial charge in [0.05, 0.1) is 11.9 Å². The van der Waals surface area contributed by atoms with Crippen LogP contribution in [0.2, 0.25) is 10.0 Å². The Morgan fingerprint density at radius 2 is 1.72 bits per heavy atom. The molecule has 1 aromatic carbocycles. The van der Waals surface area contributed by atoms with Crippen LogP contribution >= 0.6 is 23.2 Å². The zero-order chi connectivity index (χ0) is 13.1. The Labute approximate surface area is 112 Å². The van der Waals surface area contributed by atoms with Crippen LogP contribution in [-0.4, -0.2) is 11.6 Å². The van der Waals surface area contributed by atoms with Crippen molar-refractivity contribution in [2.75, 3.05) is 0 Å². The van der Waals surface area contributed by atoms with E-state index in [0.29, 0.717) is 21.3 Å². The monoisotopic (exact) mass is 289 g/mol. The molecule has 94 valence electrons. The van der Waals surface area contributed by atoms with Crippen LogP contribution in [0.15, 0.2) is 36.5 Å². The molecule has 0 saturated carbocycles. The molecule has 0 radical (unpaired) electrons. The second kappa shape index (κ2) is 5.50. The van der Waals surface area contributed by atoms with Gasteiger partial charge in [0.25, 0.3) is 0 Å². The second-order valence-corrected chi connectivity index (χ2v) is 4.29. The minimum atomic E-state index is -2.86. The molecule has 18 heavy (non-hydrogen) atoms. The van der Waals surface area contributed by atoms with Crippen molar-refractivity contribution >= 4 is 23.2 Å². The zero-order valence-electron chi connectivity index (χ0n) is 8.91. The minimum absolute atomic E-state index is 0.00174. The summed E-state index contributed by atoms with van der Waals surface area (Å²) < 4.78 is 28.1. The Morgan fingerprint density at radius 1 is 1.06 bits per heavy atom. The van der Waals surface area contributed by atoms with Crippen molar-refractivity contribution in [1.82, 2.24) is 4.98 Å². The predicted octanol–water partition coefficient (Wildman–Crippen LogP) is 4.66. The number of nitrogens with zero attached hydrogens (tertiary/aromatic N) is 1. The van der Waals surface area contributed by atoms with Gasteiger partial charge in [0.1, 0.15) is 5.75 Å². The number of pyridine rings is 1. The summed E-state index contributed by atoms with van der Waals surface area (Å²) in [6.45, 7) is -2.86. The maximum absolute atomic E-state index is 12.0. The summed E-state index contributed by atoms with van der Waals surface area (Å²) in [7, 11) is 0. The Hall–Kier alpha value is -1.39. The first-order chi connectivity index (χ1) is 8.54. The fourth-order valence-electron chi connectivity index (χ4n) is 1.43. The highest BCUT2D eigenvalue weighted by Gasteiger charge is 2.06. The summed E-state index contributed by atoms with van der Waals surface area (Å²) in [4.78, 5) is 4.01. The van der Waals surface area contributed by atoms with Crippen LogP contribution < -0.4 is 4.74 Å². The predicted molar refractivity (Wildman–Crippen MR) is 66.3 cm³/mol. The van der Waals surface area contributed by atoms with Crippen molar-refractivity contribution in [3.63, 3.8) is 0 Å². The van der Waals surface area contributed by atoms with Gasteiger partial charge in [0.15, 0.2) is 0 Å². The number of halogens is 4. The lowest BCUT2D eigenvalue weighted by Gasteiger charge is -2.06. The highest BCUT2D eigenvalue weighted by atomic mass is 35.5. The van der Waals surface area contributed by atoms with E-state index in [1.165, 1.54) is 12.3 Å². The van der Waals surface area contributed by atoms with E-state index in [4.69, 9.17) is 23.2 Å². The summed E-state index contributed by atoms with van der Waals surface area (Å²) in [6.07, 6.45) is 1.22. The Kier molecular flexibility index (Phi) is 3.99. The van der Waals surface area contributed by atoms with Crippen LogP contribution in [0.1, 0.15) is 0 Å². The molecule has 0 aliphatic heterocycles. The molecule has 0 aliphatic carbocycles. The SMILES string of the molecule is FC(F)Oc1ccc(-c2cc(Cl)cc(Cl)c2)nc1. The van der Waals surface area contributed by atoms with Crippen molar-refractivity contribution in [2.24, 2.45) is 0 Å². The molecule has 1 heterocycles.